The number of primary amides is 1. The van der Waals surface area contributed by atoms with E-state index in [2.05, 4.69) is 5.32 Å². The van der Waals surface area contributed by atoms with E-state index in [0.29, 0.717) is 32.2 Å². The number of carbonyl (C=O) groups excluding carboxylic acids is 2. The molecule has 0 saturated carbocycles. The lowest BCUT2D eigenvalue weighted by molar-refractivity contribution is -0.122. The zero-order chi connectivity index (χ0) is 15.8. The van der Waals surface area contributed by atoms with Crippen molar-refractivity contribution in [3.8, 4) is 11.3 Å². The molecule has 0 saturated heterocycles. The summed E-state index contributed by atoms with van der Waals surface area (Å²) >= 11 is 0. The second-order valence-electron chi connectivity index (χ2n) is 5.05. The van der Waals surface area contributed by atoms with Crippen LogP contribution in [0.2, 0.25) is 0 Å². The molecule has 2 aromatic rings. The maximum atomic E-state index is 11.7. The summed E-state index contributed by atoms with van der Waals surface area (Å²) in [6.45, 7) is 0.467. The zero-order valence-electron chi connectivity index (χ0n) is 12.4. The van der Waals surface area contributed by atoms with Gasteiger partial charge in [0.25, 0.3) is 0 Å². The molecule has 5 heteroatoms. The monoisotopic (exact) mass is 300 g/mol. The van der Waals surface area contributed by atoms with Crippen molar-refractivity contribution in [3.63, 3.8) is 0 Å². The minimum Gasteiger partial charge on any atom is -0.461 e. The minimum atomic E-state index is -0.349. The quantitative estimate of drug-likeness (QED) is 0.733. The first-order chi connectivity index (χ1) is 10.6. The lowest BCUT2D eigenvalue weighted by Crippen LogP contribution is -2.25. The first-order valence-corrected chi connectivity index (χ1v) is 7.34. The van der Waals surface area contributed by atoms with Gasteiger partial charge in [-0.2, -0.15) is 0 Å². The molecule has 0 bridgehead atoms. The molecule has 0 aliphatic rings. The van der Waals surface area contributed by atoms with Gasteiger partial charge in [-0.05, 0) is 18.6 Å². The zero-order valence-corrected chi connectivity index (χ0v) is 12.4. The van der Waals surface area contributed by atoms with E-state index in [1.165, 1.54) is 0 Å². The molecule has 2 amide bonds. The van der Waals surface area contributed by atoms with Crippen LogP contribution in [0, 0.1) is 0 Å². The van der Waals surface area contributed by atoms with E-state index >= 15 is 0 Å². The van der Waals surface area contributed by atoms with E-state index in [1.54, 1.807) is 0 Å². The van der Waals surface area contributed by atoms with Crippen LogP contribution in [0.5, 0.6) is 0 Å². The highest BCUT2D eigenvalue weighted by Crippen LogP contribution is 2.22. The van der Waals surface area contributed by atoms with Crippen molar-refractivity contribution >= 4 is 11.8 Å². The van der Waals surface area contributed by atoms with Crippen LogP contribution in [0.1, 0.15) is 25.0 Å². The van der Waals surface area contributed by atoms with Gasteiger partial charge in [0.2, 0.25) is 11.8 Å². The highest BCUT2D eigenvalue weighted by molar-refractivity contribution is 5.76. The predicted molar refractivity (Wildman–Crippen MR) is 83.9 cm³/mol. The summed E-state index contributed by atoms with van der Waals surface area (Å²) in [6.07, 6.45) is 1.77. The van der Waals surface area contributed by atoms with Crippen LogP contribution >= 0.6 is 0 Å². The summed E-state index contributed by atoms with van der Waals surface area (Å²) < 4.78 is 5.74. The third kappa shape index (κ3) is 5.09. The maximum absolute atomic E-state index is 11.7. The number of amides is 2. The lowest BCUT2D eigenvalue weighted by Gasteiger charge is -2.03. The third-order valence-electron chi connectivity index (χ3n) is 3.24. The summed E-state index contributed by atoms with van der Waals surface area (Å²) in [5.41, 5.74) is 6.05. The number of hydrogen-bond donors (Lipinski definition) is 2. The second kappa shape index (κ2) is 8.02. The fourth-order valence-corrected chi connectivity index (χ4v) is 2.09. The molecule has 1 heterocycles. The lowest BCUT2D eigenvalue weighted by atomic mass is 10.2. The van der Waals surface area contributed by atoms with Crippen molar-refractivity contribution in [2.24, 2.45) is 5.73 Å². The number of hydrogen-bond acceptors (Lipinski definition) is 3. The molecule has 1 aromatic heterocycles. The van der Waals surface area contributed by atoms with Crippen LogP contribution in [-0.2, 0) is 16.0 Å². The summed E-state index contributed by atoms with van der Waals surface area (Å²) in [4.78, 5) is 22.2. The van der Waals surface area contributed by atoms with Crippen molar-refractivity contribution in [1.82, 2.24) is 5.32 Å². The highest BCUT2D eigenvalue weighted by Gasteiger charge is 2.07. The van der Waals surface area contributed by atoms with E-state index in [1.807, 2.05) is 42.5 Å². The van der Waals surface area contributed by atoms with Crippen LogP contribution in [0.25, 0.3) is 11.3 Å². The van der Waals surface area contributed by atoms with Crippen LogP contribution in [0.3, 0.4) is 0 Å². The first kappa shape index (κ1) is 15.8. The molecule has 0 unspecified atom stereocenters. The molecule has 0 aliphatic carbocycles. The molecule has 116 valence electrons. The first-order valence-electron chi connectivity index (χ1n) is 7.34. The fourth-order valence-electron chi connectivity index (χ4n) is 2.09. The van der Waals surface area contributed by atoms with Gasteiger partial charge in [0, 0.05) is 31.4 Å². The Morgan fingerprint density at radius 3 is 2.55 bits per heavy atom. The van der Waals surface area contributed by atoms with Crippen LogP contribution in [-0.4, -0.2) is 18.4 Å². The van der Waals surface area contributed by atoms with Crippen LogP contribution in [0.15, 0.2) is 46.9 Å². The van der Waals surface area contributed by atoms with E-state index in [9.17, 15) is 9.59 Å². The smallest absolute Gasteiger partial charge is 0.220 e. The Kier molecular flexibility index (Phi) is 5.77. The van der Waals surface area contributed by atoms with Crippen molar-refractivity contribution in [2.45, 2.75) is 25.7 Å². The average molecular weight is 300 g/mol. The van der Waals surface area contributed by atoms with Crippen LogP contribution < -0.4 is 11.1 Å². The molecular formula is C17H20N2O3. The Morgan fingerprint density at radius 2 is 1.82 bits per heavy atom. The largest absolute Gasteiger partial charge is 0.461 e. The third-order valence-corrected chi connectivity index (χ3v) is 3.24. The summed E-state index contributed by atoms with van der Waals surface area (Å²) in [5.74, 6) is 1.18. The van der Waals surface area contributed by atoms with Gasteiger partial charge in [0.1, 0.15) is 11.5 Å². The second-order valence-corrected chi connectivity index (χ2v) is 5.05. The van der Waals surface area contributed by atoms with Gasteiger partial charge in [-0.25, -0.2) is 0 Å². The summed E-state index contributed by atoms with van der Waals surface area (Å²) in [6, 6.07) is 13.6. The topological polar surface area (TPSA) is 85.3 Å². The van der Waals surface area contributed by atoms with Gasteiger partial charge in [-0.1, -0.05) is 30.3 Å². The molecule has 0 radical (unpaired) electrons. The van der Waals surface area contributed by atoms with Crippen molar-refractivity contribution in [3.05, 3.63) is 48.2 Å². The predicted octanol–water partition coefficient (Wildman–Crippen LogP) is 2.26. The average Bonchev–Trinajstić information content (AvgIpc) is 2.99. The summed E-state index contributed by atoms with van der Waals surface area (Å²) in [7, 11) is 0. The molecule has 0 fully saturated rings. The highest BCUT2D eigenvalue weighted by atomic mass is 16.3. The van der Waals surface area contributed by atoms with Crippen molar-refractivity contribution in [1.29, 1.82) is 0 Å². The van der Waals surface area contributed by atoms with E-state index < -0.39 is 0 Å². The van der Waals surface area contributed by atoms with Gasteiger partial charge in [0.05, 0.1) is 0 Å². The molecule has 3 N–H and O–H groups in total. The summed E-state index contributed by atoms with van der Waals surface area (Å²) in [5, 5.41) is 2.76. The molecule has 5 nitrogen and oxygen atoms in total. The number of carbonyl (C=O) groups is 2. The van der Waals surface area contributed by atoms with Crippen molar-refractivity contribution in [2.75, 3.05) is 6.54 Å². The number of rotatable bonds is 8. The molecule has 2 rings (SSSR count). The number of benzene rings is 1. The molecule has 22 heavy (non-hydrogen) atoms. The SMILES string of the molecule is NC(=O)CCCNC(=O)CCc1ccc(-c2ccccc2)o1. The Balaban J connectivity index is 1.74. The molecule has 1 aromatic carbocycles. The minimum absolute atomic E-state index is 0.0536. The standard InChI is InChI=1S/C17H20N2O3/c18-16(20)7-4-12-19-17(21)11-9-14-8-10-15(22-14)13-5-2-1-3-6-13/h1-3,5-6,8,10H,4,7,9,11-12H2,(H2,18,20)(H,19,21). The van der Waals surface area contributed by atoms with E-state index in [0.717, 1.165) is 17.1 Å². The van der Waals surface area contributed by atoms with E-state index in [-0.39, 0.29) is 11.8 Å². The molecule has 0 atom stereocenters. The van der Waals surface area contributed by atoms with E-state index in [4.69, 9.17) is 10.2 Å². The Morgan fingerprint density at radius 1 is 1.05 bits per heavy atom. The Labute approximate surface area is 129 Å². The van der Waals surface area contributed by atoms with Gasteiger partial charge in [-0.15, -0.1) is 0 Å². The Hall–Kier alpha value is -2.56. The fraction of sp³-hybridized carbons (Fsp3) is 0.294. The van der Waals surface area contributed by atoms with Gasteiger partial charge >= 0.3 is 0 Å². The normalized spacial score (nSPS) is 10.4. The number of aryl methyl sites for hydroxylation is 1. The molecular weight excluding hydrogens is 280 g/mol. The maximum Gasteiger partial charge on any atom is 0.220 e. The number of nitrogens with two attached hydrogens (primary N) is 1. The molecule has 0 spiro atoms. The van der Waals surface area contributed by atoms with Gasteiger partial charge < -0.3 is 15.5 Å². The number of nitrogens with one attached hydrogen (secondary N) is 1. The number of furan rings is 1. The Bertz CT molecular complexity index is 620. The van der Waals surface area contributed by atoms with Gasteiger partial charge in [-0.3, -0.25) is 9.59 Å². The van der Waals surface area contributed by atoms with Gasteiger partial charge in [0.15, 0.2) is 0 Å². The van der Waals surface area contributed by atoms with Crippen molar-refractivity contribution < 1.29 is 14.0 Å². The molecule has 0 aliphatic heterocycles. The van der Waals surface area contributed by atoms with Crippen LogP contribution in [0.4, 0.5) is 0 Å².